The number of rotatable bonds is 5. The molecule has 1 atom stereocenters. The summed E-state index contributed by atoms with van der Waals surface area (Å²) in [6.45, 7) is -2.19. The molecule has 1 aromatic carbocycles. The van der Waals surface area contributed by atoms with Crippen LogP contribution in [-0.2, 0) is 11.3 Å². The molecule has 1 N–H and O–H groups in total. The van der Waals surface area contributed by atoms with Crippen molar-refractivity contribution in [1.29, 1.82) is 0 Å². The van der Waals surface area contributed by atoms with Gasteiger partial charge in [0.25, 0.3) is 0 Å². The van der Waals surface area contributed by atoms with Crippen LogP contribution in [0.5, 0.6) is 5.75 Å². The van der Waals surface area contributed by atoms with Crippen molar-refractivity contribution in [3.8, 4) is 5.75 Å². The lowest BCUT2D eigenvalue weighted by atomic mass is 10.1. The topological polar surface area (TPSA) is 49.8 Å². The van der Waals surface area contributed by atoms with E-state index in [9.17, 15) is 18.0 Å². The molecule has 1 aliphatic rings. The van der Waals surface area contributed by atoms with Crippen LogP contribution in [0.1, 0.15) is 18.4 Å². The quantitative estimate of drug-likeness (QED) is 0.904. The first kappa shape index (κ1) is 14.6. The number of aliphatic carboxylic acids is 1. The SMILES string of the molecule is O=C(O)C1CCCN1Cc1ccc(OC(F)F)c(F)c1. The molecule has 0 aliphatic carbocycles. The molecule has 1 aliphatic heterocycles. The van der Waals surface area contributed by atoms with Crippen molar-refractivity contribution >= 4 is 5.97 Å². The van der Waals surface area contributed by atoms with E-state index in [1.807, 2.05) is 0 Å². The van der Waals surface area contributed by atoms with Crippen LogP contribution in [-0.4, -0.2) is 35.2 Å². The summed E-state index contributed by atoms with van der Waals surface area (Å²) in [4.78, 5) is 12.8. The Bertz CT molecular complexity index is 496. The molecule has 0 saturated carbocycles. The van der Waals surface area contributed by atoms with Crippen molar-refractivity contribution in [2.45, 2.75) is 32.0 Å². The molecule has 20 heavy (non-hydrogen) atoms. The minimum Gasteiger partial charge on any atom is -0.480 e. The van der Waals surface area contributed by atoms with Crippen LogP contribution in [0.2, 0.25) is 0 Å². The number of nitrogens with zero attached hydrogens (tertiary/aromatic N) is 1. The van der Waals surface area contributed by atoms with Crippen molar-refractivity contribution < 1.29 is 27.8 Å². The molecule has 0 amide bonds. The van der Waals surface area contributed by atoms with Crippen molar-refractivity contribution in [2.75, 3.05) is 6.54 Å². The third-order valence-corrected chi connectivity index (χ3v) is 3.25. The third-order valence-electron chi connectivity index (χ3n) is 3.25. The Kier molecular flexibility index (Phi) is 4.49. The molecule has 0 spiro atoms. The average Bonchev–Trinajstić information content (AvgIpc) is 2.80. The molecule has 1 heterocycles. The smallest absolute Gasteiger partial charge is 0.387 e. The number of likely N-dealkylation sites (tertiary alicyclic amines) is 1. The lowest BCUT2D eigenvalue weighted by Gasteiger charge is -2.21. The van der Waals surface area contributed by atoms with Gasteiger partial charge in [-0.2, -0.15) is 8.78 Å². The van der Waals surface area contributed by atoms with Gasteiger partial charge in [0.15, 0.2) is 11.6 Å². The standard InChI is InChI=1S/C13H14F3NO3/c14-9-6-8(3-4-11(9)20-13(15)16)7-17-5-1-2-10(17)12(18)19/h3-4,6,10,13H,1-2,5,7H2,(H,18,19). The van der Waals surface area contributed by atoms with Crippen LogP contribution in [0.15, 0.2) is 18.2 Å². The number of benzene rings is 1. The van der Waals surface area contributed by atoms with Gasteiger partial charge in [-0.15, -0.1) is 0 Å². The van der Waals surface area contributed by atoms with Gasteiger partial charge in [-0.05, 0) is 37.1 Å². The monoisotopic (exact) mass is 289 g/mol. The van der Waals surface area contributed by atoms with E-state index in [2.05, 4.69) is 4.74 Å². The molecule has 2 rings (SSSR count). The summed E-state index contributed by atoms with van der Waals surface area (Å²) in [5.74, 6) is -2.30. The van der Waals surface area contributed by atoms with Gasteiger partial charge in [0.05, 0.1) is 0 Å². The predicted octanol–water partition coefficient (Wildman–Crippen LogP) is 2.48. The molecule has 1 saturated heterocycles. The Labute approximate surface area is 113 Å². The van der Waals surface area contributed by atoms with Crippen LogP contribution in [0.3, 0.4) is 0 Å². The van der Waals surface area contributed by atoms with Crippen LogP contribution in [0.4, 0.5) is 13.2 Å². The molecule has 4 nitrogen and oxygen atoms in total. The van der Waals surface area contributed by atoms with Crippen molar-refractivity contribution in [3.63, 3.8) is 0 Å². The number of halogens is 3. The second-order valence-corrected chi connectivity index (χ2v) is 4.61. The van der Waals surface area contributed by atoms with Gasteiger partial charge in [-0.1, -0.05) is 6.07 Å². The highest BCUT2D eigenvalue weighted by atomic mass is 19.3. The highest BCUT2D eigenvalue weighted by Crippen LogP contribution is 2.24. The lowest BCUT2D eigenvalue weighted by Crippen LogP contribution is -2.35. The number of carboxylic acids is 1. The average molecular weight is 289 g/mol. The number of carboxylic acid groups (broad SMARTS) is 1. The molecule has 0 aromatic heterocycles. The first-order chi connectivity index (χ1) is 9.47. The highest BCUT2D eigenvalue weighted by Gasteiger charge is 2.30. The van der Waals surface area contributed by atoms with Gasteiger partial charge in [0, 0.05) is 6.54 Å². The summed E-state index contributed by atoms with van der Waals surface area (Å²) in [7, 11) is 0. The molecule has 110 valence electrons. The Balaban J connectivity index is 2.06. The summed E-state index contributed by atoms with van der Waals surface area (Å²) in [5.41, 5.74) is 0.525. The first-order valence-corrected chi connectivity index (χ1v) is 6.17. The van der Waals surface area contributed by atoms with E-state index in [4.69, 9.17) is 5.11 Å². The van der Waals surface area contributed by atoms with E-state index in [1.165, 1.54) is 6.07 Å². The van der Waals surface area contributed by atoms with Gasteiger partial charge in [0.2, 0.25) is 0 Å². The van der Waals surface area contributed by atoms with Crippen LogP contribution in [0.25, 0.3) is 0 Å². The van der Waals surface area contributed by atoms with Gasteiger partial charge in [-0.3, -0.25) is 9.69 Å². The second-order valence-electron chi connectivity index (χ2n) is 4.61. The fraction of sp³-hybridized carbons (Fsp3) is 0.462. The number of carbonyl (C=O) groups is 1. The number of hydrogen-bond acceptors (Lipinski definition) is 3. The zero-order valence-electron chi connectivity index (χ0n) is 10.6. The molecule has 1 aromatic rings. The van der Waals surface area contributed by atoms with Gasteiger partial charge in [0.1, 0.15) is 6.04 Å². The Morgan fingerprint density at radius 1 is 1.50 bits per heavy atom. The van der Waals surface area contributed by atoms with E-state index in [-0.39, 0.29) is 6.54 Å². The summed E-state index contributed by atoms with van der Waals surface area (Å²) in [5, 5.41) is 9.04. The van der Waals surface area contributed by atoms with Gasteiger partial charge >= 0.3 is 12.6 Å². The van der Waals surface area contributed by atoms with Gasteiger partial charge < -0.3 is 9.84 Å². The maximum Gasteiger partial charge on any atom is 0.387 e. The van der Waals surface area contributed by atoms with Crippen molar-refractivity contribution in [3.05, 3.63) is 29.6 Å². The fourth-order valence-electron chi connectivity index (χ4n) is 2.36. The maximum atomic E-state index is 13.5. The van der Waals surface area contributed by atoms with Gasteiger partial charge in [-0.25, -0.2) is 4.39 Å². The minimum atomic E-state index is -3.08. The fourth-order valence-corrected chi connectivity index (χ4v) is 2.36. The van der Waals surface area contributed by atoms with Crippen LogP contribution in [0, 0.1) is 5.82 Å². The molecule has 7 heteroatoms. The number of hydrogen-bond donors (Lipinski definition) is 1. The second kappa shape index (κ2) is 6.13. The molecule has 1 fully saturated rings. The van der Waals surface area contributed by atoms with E-state index in [0.29, 0.717) is 18.5 Å². The maximum absolute atomic E-state index is 13.5. The van der Waals surface area contributed by atoms with Crippen LogP contribution < -0.4 is 4.74 Å². The first-order valence-electron chi connectivity index (χ1n) is 6.17. The molecule has 0 bridgehead atoms. The van der Waals surface area contributed by atoms with E-state index in [1.54, 1.807) is 4.90 Å². The molecule has 0 radical (unpaired) electrons. The minimum absolute atomic E-state index is 0.267. The normalized spacial score (nSPS) is 19.5. The molecule has 1 unspecified atom stereocenters. The zero-order valence-corrected chi connectivity index (χ0v) is 10.6. The molecular formula is C13H14F3NO3. The Hall–Kier alpha value is -1.76. The predicted molar refractivity (Wildman–Crippen MR) is 64.1 cm³/mol. The van der Waals surface area contributed by atoms with E-state index in [0.717, 1.165) is 18.6 Å². The Morgan fingerprint density at radius 2 is 2.25 bits per heavy atom. The van der Waals surface area contributed by atoms with Crippen LogP contribution >= 0.6 is 0 Å². The lowest BCUT2D eigenvalue weighted by molar-refractivity contribution is -0.142. The van der Waals surface area contributed by atoms with Crippen molar-refractivity contribution in [1.82, 2.24) is 4.90 Å². The van der Waals surface area contributed by atoms with E-state index < -0.39 is 30.2 Å². The zero-order chi connectivity index (χ0) is 14.7. The summed E-state index contributed by atoms with van der Waals surface area (Å²) < 4.78 is 41.6. The number of alkyl halides is 2. The molecular weight excluding hydrogens is 275 g/mol. The highest BCUT2D eigenvalue weighted by molar-refractivity contribution is 5.73. The Morgan fingerprint density at radius 3 is 2.85 bits per heavy atom. The third kappa shape index (κ3) is 3.41. The largest absolute Gasteiger partial charge is 0.480 e. The number of ether oxygens (including phenoxy) is 1. The van der Waals surface area contributed by atoms with E-state index >= 15 is 0 Å². The van der Waals surface area contributed by atoms with Crippen molar-refractivity contribution in [2.24, 2.45) is 0 Å². The summed E-state index contributed by atoms with van der Waals surface area (Å²) in [6.07, 6.45) is 1.33. The summed E-state index contributed by atoms with van der Waals surface area (Å²) >= 11 is 0. The summed E-state index contributed by atoms with van der Waals surface area (Å²) in [6, 6.07) is 3.10.